The number of anilines is 1. The first-order chi connectivity index (χ1) is 14.6. The van der Waals surface area contributed by atoms with E-state index in [1.165, 1.54) is 48.0 Å². The minimum Gasteiger partial charge on any atom is -0.359 e. The van der Waals surface area contributed by atoms with E-state index in [4.69, 9.17) is 0 Å². The van der Waals surface area contributed by atoms with E-state index in [9.17, 15) is 9.59 Å². The van der Waals surface area contributed by atoms with Crippen LogP contribution in [0.5, 0.6) is 0 Å². The van der Waals surface area contributed by atoms with Gasteiger partial charge in [0.2, 0.25) is 16.0 Å². The lowest BCUT2D eigenvalue weighted by Crippen LogP contribution is -2.49. The molecule has 1 saturated heterocycles. The van der Waals surface area contributed by atoms with Gasteiger partial charge in [0.1, 0.15) is 0 Å². The van der Waals surface area contributed by atoms with Crippen molar-refractivity contribution >= 4 is 27.3 Å². The summed E-state index contributed by atoms with van der Waals surface area (Å²) in [4.78, 5) is 34.2. The van der Waals surface area contributed by atoms with Crippen LogP contribution in [0.4, 0.5) is 5.13 Å². The van der Waals surface area contributed by atoms with Crippen molar-refractivity contribution in [3.8, 4) is 0 Å². The number of rotatable bonds is 7. The highest BCUT2D eigenvalue weighted by Gasteiger charge is 2.24. The molecule has 0 unspecified atom stereocenters. The van der Waals surface area contributed by atoms with Gasteiger partial charge in [0.05, 0.1) is 0 Å². The number of nitrogens with zero attached hydrogens (tertiary/aromatic N) is 5. The van der Waals surface area contributed by atoms with Crippen LogP contribution in [0, 0.1) is 5.92 Å². The minimum atomic E-state index is -0.129. The Kier molecular flexibility index (Phi) is 6.99. The molecule has 0 bridgehead atoms. The summed E-state index contributed by atoms with van der Waals surface area (Å²) in [7, 11) is 0. The maximum atomic E-state index is 12.6. The second-order valence-electron chi connectivity index (χ2n) is 8.40. The number of carbonyl (C=O) groups excluding carboxylic acids is 1. The van der Waals surface area contributed by atoms with Gasteiger partial charge >= 0.3 is 0 Å². The Balaban J connectivity index is 1.20. The molecule has 2 aromatic rings. The molecule has 0 atom stereocenters. The number of aromatic nitrogens is 3. The van der Waals surface area contributed by atoms with E-state index in [0.29, 0.717) is 21.9 Å². The van der Waals surface area contributed by atoms with Crippen molar-refractivity contribution in [3.05, 3.63) is 22.1 Å². The Hall–Kier alpha value is -2.00. The van der Waals surface area contributed by atoms with E-state index in [1.807, 2.05) is 6.92 Å². The van der Waals surface area contributed by atoms with Crippen LogP contribution in [0.1, 0.15) is 51.1 Å². The summed E-state index contributed by atoms with van der Waals surface area (Å²) in [6.07, 6.45) is 7.85. The van der Waals surface area contributed by atoms with Crippen molar-refractivity contribution in [2.45, 2.75) is 51.9 Å². The molecular formula is C21H32N6O2S. The van der Waals surface area contributed by atoms with Gasteiger partial charge in [0, 0.05) is 57.4 Å². The summed E-state index contributed by atoms with van der Waals surface area (Å²) in [6.45, 7) is 7.12. The van der Waals surface area contributed by atoms with Gasteiger partial charge in [-0.15, -0.1) is 5.10 Å². The Morgan fingerprint density at radius 1 is 1.20 bits per heavy atom. The van der Waals surface area contributed by atoms with Gasteiger partial charge < -0.3 is 10.2 Å². The average Bonchev–Trinajstić information content (AvgIpc) is 3.18. The first-order valence-corrected chi connectivity index (χ1v) is 12.1. The van der Waals surface area contributed by atoms with Crippen molar-refractivity contribution in [3.63, 3.8) is 0 Å². The minimum absolute atomic E-state index is 0.129. The molecular weight excluding hydrogens is 400 g/mol. The lowest BCUT2D eigenvalue weighted by molar-refractivity contribution is -0.134. The quantitative estimate of drug-likeness (QED) is 0.723. The average molecular weight is 433 g/mol. The first-order valence-electron chi connectivity index (χ1n) is 11.3. The van der Waals surface area contributed by atoms with Gasteiger partial charge in [-0.1, -0.05) is 37.5 Å². The molecule has 3 heterocycles. The Bertz CT molecular complexity index is 912. The molecule has 8 nitrogen and oxygen atoms in total. The molecule has 0 aromatic carbocycles. The third kappa shape index (κ3) is 5.18. The third-order valence-electron chi connectivity index (χ3n) is 6.28. The largest absolute Gasteiger partial charge is 0.359 e. The van der Waals surface area contributed by atoms with Gasteiger partial charge in [-0.2, -0.15) is 4.52 Å². The number of aryl methyl sites for hydroxylation is 1. The van der Waals surface area contributed by atoms with Crippen LogP contribution in [0.2, 0.25) is 0 Å². The Morgan fingerprint density at radius 3 is 2.70 bits per heavy atom. The van der Waals surface area contributed by atoms with Crippen LogP contribution in [-0.4, -0.2) is 69.6 Å². The first kappa shape index (κ1) is 21.2. The van der Waals surface area contributed by atoms with Crippen molar-refractivity contribution < 1.29 is 4.79 Å². The fourth-order valence-corrected chi connectivity index (χ4v) is 5.27. The maximum absolute atomic E-state index is 12.6. The molecule has 1 aliphatic carbocycles. The van der Waals surface area contributed by atoms with E-state index in [1.54, 1.807) is 6.07 Å². The van der Waals surface area contributed by atoms with Gasteiger partial charge in [-0.3, -0.25) is 14.5 Å². The van der Waals surface area contributed by atoms with Crippen molar-refractivity contribution in [1.29, 1.82) is 0 Å². The number of hydrogen-bond acceptors (Lipinski definition) is 7. The highest BCUT2D eigenvalue weighted by Crippen LogP contribution is 2.27. The van der Waals surface area contributed by atoms with Crippen LogP contribution in [0.15, 0.2) is 10.9 Å². The van der Waals surface area contributed by atoms with Crippen LogP contribution >= 0.6 is 11.3 Å². The number of nitrogens with one attached hydrogen (secondary N) is 1. The van der Waals surface area contributed by atoms with Crippen LogP contribution in [0.25, 0.3) is 4.96 Å². The third-order valence-corrected chi connectivity index (χ3v) is 7.14. The highest BCUT2D eigenvalue weighted by atomic mass is 32.1. The summed E-state index contributed by atoms with van der Waals surface area (Å²) in [5.41, 5.74) is 0.668. The van der Waals surface area contributed by atoms with E-state index in [-0.39, 0.29) is 5.56 Å². The molecule has 1 amide bonds. The maximum Gasteiger partial charge on any atom is 0.275 e. The zero-order chi connectivity index (χ0) is 20.9. The summed E-state index contributed by atoms with van der Waals surface area (Å²) >= 11 is 1.41. The second kappa shape index (κ2) is 9.87. The molecule has 0 radical (unpaired) electrons. The predicted molar refractivity (Wildman–Crippen MR) is 119 cm³/mol. The van der Waals surface area contributed by atoms with Gasteiger partial charge in [-0.25, -0.2) is 4.98 Å². The SMILES string of the molecule is CCc1cc(=O)n2nc(NCCN3CCN(C(=O)CC4CCCCC4)CC3)sc2n1. The fraction of sp³-hybridized carbons (Fsp3) is 0.714. The lowest BCUT2D eigenvalue weighted by Gasteiger charge is -2.35. The number of amides is 1. The number of hydrogen-bond donors (Lipinski definition) is 1. The van der Waals surface area contributed by atoms with Gasteiger partial charge in [0.15, 0.2) is 0 Å². The summed E-state index contributed by atoms with van der Waals surface area (Å²) in [6, 6.07) is 1.55. The summed E-state index contributed by atoms with van der Waals surface area (Å²) in [5.74, 6) is 0.955. The molecule has 2 aliphatic rings. The predicted octanol–water partition coefficient (Wildman–Crippen LogP) is 2.24. The molecule has 1 saturated carbocycles. The second-order valence-corrected chi connectivity index (χ2v) is 9.35. The van der Waals surface area contributed by atoms with Gasteiger partial charge in [0.25, 0.3) is 5.56 Å². The molecule has 2 aromatic heterocycles. The number of carbonyl (C=O) groups is 1. The molecule has 2 fully saturated rings. The highest BCUT2D eigenvalue weighted by molar-refractivity contribution is 7.20. The molecule has 1 N–H and O–H groups in total. The molecule has 164 valence electrons. The molecule has 30 heavy (non-hydrogen) atoms. The van der Waals surface area contributed by atoms with E-state index in [2.05, 4.69) is 25.2 Å². The molecule has 4 rings (SSSR count). The summed E-state index contributed by atoms with van der Waals surface area (Å²) in [5, 5.41) is 8.38. The van der Waals surface area contributed by atoms with Crippen LogP contribution < -0.4 is 10.9 Å². The molecule has 9 heteroatoms. The van der Waals surface area contributed by atoms with Gasteiger partial charge in [-0.05, 0) is 25.2 Å². The van der Waals surface area contributed by atoms with E-state index >= 15 is 0 Å². The molecule has 0 spiro atoms. The number of piperazine rings is 1. The van der Waals surface area contributed by atoms with Crippen molar-refractivity contribution in [2.24, 2.45) is 5.92 Å². The monoisotopic (exact) mass is 432 g/mol. The van der Waals surface area contributed by atoms with E-state index < -0.39 is 0 Å². The molecule has 1 aliphatic heterocycles. The Labute approximate surface area is 181 Å². The van der Waals surface area contributed by atoms with Crippen LogP contribution in [-0.2, 0) is 11.2 Å². The normalized spacial score (nSPS) is 18.8. The van der Waals surface area contributed by atoms with Crippen molar-refractivity contribution in [2.75, 3.05) is 44.6 Å². The fourth-order valence-electron chi connectivity index (χ4n) is 4.42. The smallest absolute Gasteiger partial charge is 0.275 e. The topological polar surface area (TPSA) is 82.8 Å². The summed E-state index contributed by atoms with van der Waals surface area (Å²) < 4.78 is 1.36. The van der Waals surface area contributed by atoms with Crippen LogP contribution in [0.3, 0.4) is 0 Å². The standard InChI is InChI=1S/C21H32N6O2S/c1-2-17-15-19(29)27-21(23-17)30-20(24-27)22-8-9-25-10-12-26(13-11-25)18(28)14-16-6-4-3-5-7-16/h15-16H,2-14H2,1H3,(H,22,24). The number of fused-ring (bicyclic) bond motifs is 1. The zero-order valence-corrected chi connectivity index (χ0v) is 18.6. The van der Waals surface area contributed by atoms with E-state index in [0.717, 1.165) is 57.8 Å². The lowest BCUT2D eigenvalue weighted by atomic mass is 9.86. The van der Waals surface area contributed by atoms with Crippen molar-refractivity contribution in [1.82, 2.24) is 24.4 Å². The Morgan fingerprint density at radius 2 is 1.97 bits per heavy atom. The zero-order valence-electron chi connectivity index (χ0n) is 17.8.